The van der Waals surface area contributed by atoms with Gasteiger partial charge in [0.05, 0.1) is 27.0 Å². The van der Waals surface area contributed by atoms with Crippen LogP contribution in [0, 0.1) is 0 Å². The van der Waals surface area contributed by atoms with Gasteiger partial charge in [0.25, 0.3) is 0 Å². The minimum Gasteiger partial charge on any atom is -0.491 e. The van der Waals surface area contributed by atoms with Crippen molar-refractivity contribution < 1.29 is 31.4 Å². The molecular weight excluding hydrogens is 622 g/mol. The lowest BCUT2D eigenvalue weighted by molar-refractivity contribution is -0.0312. The second-order valence-electron chi connectivity index (χ2n) is 9.43. The van der Waals surface area contributed by atoms with E-state index in [0.717, 1.165) is 0 Å². The molecule has 14 heteroatoms. The van der Waals surface area contributed by atoms with E-state index in [0.29, 0.717) is 54.2 Å². The third kappa shape index (κ3) is 6.88. The predicted octanol–water partition coefficient (Wildman–Crippen LogP) is 2.35. The summed E-state index contributed by atoms with van der Waals surface area (Å²) in [5.74, 6) is 0.343. The summed E-state index contributed by atoms with van der Waals surface area (Å²) in [6.45, 7) is 1.42. The van der Waals surface area contributed by atoms with Gasteiger partial charge in [-0.15, -0.1) is 0 Å². The van der Waals surface area contributed by atoms with Crippen LogP contribution < -0.4 is 14.8 Å². The quantitative estimate of drug-likeness (QED) is 0.356. The van der Waals surface area contributed by atoms with Crippen molar-refractivity contribution in [3.63, 3.8) is 0 Å². The second-order valence-corrected chi connectivity index (χ2v) is 14.5. The number of nitrogens with one attached hydrogen (secondary N) is 2. The minimum absolute atomic E-state index is 0.0122. The Balaban J connectivity index is 1.23. The number of piperidine rings is 1. The molecule has 2 atom stereocenters. The number of rotatable bonds is 10. The van der Waals surface area contributed by atoms with Gasteiger partial charge in [-0.3, -0.25) is 0 Å². The summed E-state index contributed by atoms with van der Waals surface area (Å²) in [6.07, 6.45) is 1.04. The summed E-state index contributed by atoms with van der Waals surface area (Å²) >= 11 is 9.38. The molecule has 2 fully saturated rings. The number of aliphatic hydroxyl groups excluding tert-OH is 1. The van der Waals surface area contributed by atoms with Gasteiger partial charge in [-0.1, -0.05) is 17.7 Å². The lowest BCUT2D eigenvalue weighted by atomic mass is 9.88. The summed E-state index contributed by atoms with van der Waals surface area (Å²) in [5.41, 5.74) is -0.401. The Morgan fingerprint density at radius 2 is 1.92 bits per heavy atom. The van der Waals surface area contributed by atoms with Gasteiger partial charge in [0.15, 0.2) is 0 Å². The van der Waals surface area contributed by atoms with Crippen molar-refractivity contribution in [1.82, 2.24) is 14.3 Å². The van der Waals surface area contributed by atoms with Crippen LogP contribution in [0.5, 0.6) is 5.75 Å². The van der Waals surface area contributed by atoms with E-state index in [-0.39, 0.29) is 29.0 Å². The van der Waals surface area contributed by atoms with Crippen LogP contribution in [0.2, 0.25) is 5.02 Å². The number of benzene rings is 2. The molecule has 2 aromatic carbocycles. The molecule has 38 heavy (non-hydrogen) atoms. The first kappa shape index (κ1) is 29.7. The zero-order chi connectivity index (χ0) is 27.6. The fraction of sp³-hybridized carbons (Fsp3) is 0.500. The number of halogens is 2. The first-order chi connectivity index (χ1) is 17.9. The van der Waals surface area contributed by atoms with Crippen molar-refractivity contribution in [3.8, 4) is 5.75 Å². The molecule has 0 amide bonds. The molecule has 2 aliphatic heterocycles. The molecule has 1 spiro atoms. The molecule has 2 aromatic rings. The molecule has 2 unspecified atom stereocenters. The minimum atomic E-state index is -3.65. The Hall–Kier alpha value is -1.29. The first-order valence-corrected chi connectivity index (χ1v) is 16.2. The Labute approximate surface area is 236 Å². The molecule has 2 aliphatic rings. The number of aliphatic hydroxyl groups is 1. The van der Waals surface area contributed by atoms with E-state index in [2.05, 4.69) is 26.0 Å². The molecule has 0 bridgehead atoms. The number of nitrogens with zero attached hydrogens (tertiary/aromatic N) is 1. The lowest BCUT2D eigenvalue weighted by Crippen LogP contribution is -2.47. The van der Waals surface area contributed by atoms with Crippen molar-refractivity contribution in [2.24, 2.45) is 0 Å². The molecule has 2 heterocycles. The van der Waals surface area contributed by atoms with Gasteiger partial charge in [0, 0.05) is 36.2 Å². The van der Waals surface area contributed by atoms with Crippen molar-refractivity contribution in [1.29, 1.82) is 0 Å². The van der Waals surface area contributed by atoms with Gasteiger partial charge in [-0.2, -0.15) is 4.31 Å². The van der Waals surface area contributed by atoms with Crippen LogP contribution in [-0.2, 0) is 24.8 Å². The molecule has 2 saturated heterocycles. The van der Waals surface area contributed by atoms with E-state index in [1.54, 1.807) is 18.2 Å². The van der Waals surface area contributed by atoms with Crippen LogP contribution >= 0.6 is 27.5 Å². The third-order valence-corrected chi connectivity index (χ3v) is 11.4. The van der Waals surface area contributed by atoms with Crippen LogP contribution in [-0.4, -0.2) is 83.9 Å². The van der Waals surface area contributed by atoms with E-state index in [9.17, 15) is 21.9 Å². The highest BCUT2D eigenvalue weighted by Crippen LogP contribution is 2.38. The predicted molar refractivity (Wildman–Crippen MR) is 146 cm³/mol. The molecule has 10 nitrogen and oxygen atoms in total. The molecule has 0 saturated carbocycles. The van der Waals surface area contributed by atoms with E-state index < -0.39 is 31.8 Å². The summed E-state index contributed by atoms with van der Waals surface area (Å²) < 4.78 is 66.1. The van der Waals surface area contributed by atoms with Crippen molar-refractivity contribution in [3.05, 3.63) is 52.0 Å². The average molecular weight is 653 g/mol. The van der Waals surface area contributed by atoms with Crippen molar-refractivity contribution in [2.45, 2.75) is 46.8 Å². The Kier molecular flexibility index (Phi) is 9.43. The SMILES string of the molecule is CNS(=O)(=O)c1cccc(OCC(O)CNC2COC3(CCN(S(=O)(=O)c4ccc(Br)c(Cl)c4)CC3)C2)c1. The van der Waals surface area contributed by atoms with Gasteiger partial charge < -0.3 is 19.9 Å². The highest BCUT2D eigenvalue weighted by molar-refractivity contribution is 9.10. The third-order valence-electron chi connectivity index (χ3n) is 6.84. The zero-order valence-electron chi connectivity index (χ0n) is 20.8. The maximum atomic E-state index is 13.1. The largest absolute Gasteiger partial charge is 0.491 e. The lowest BCUT2D eigenvalue weighted by Gasteiger charge is -2.38. The van der Waals surface area contributed by atoms with E-state index in [4.69, 9.17) is 21.1 Å². The number of sulfonamides is 2. The van der Waals surface area contributed by atoms with E-state index in [1.807, 2.05) is 0 Å². The molecule has 210 valence electrons. The summed E-state index contributed by atoms with van der Waals surface area (Å²) in [5, 5.41) is 14.0. The van der Waals surface area contributed by atoms with Crippen LogP contribution in [0.25, 0.3) is 0 Å². The molecule has 0 aromatic heterocycles. The normalized spacial score (nSPS) is 21.0. The highest BCUT2D eigenvalue weighted by atomic mass is 79.9. The van der Waals surface area contributed by atoms with E-state index >= 15 is 0 Å². The average Bonchev–Trinajstić information content (AvgIpc) is 3.30. The first-order valence-electron chi connectivity index (χ1n) is 12.1. The fourth-order valence-corrected chi connectivity index (χ4v) is 7.37. The second kappa shape index (κ2) is 12.1. The Morgan fingerprint density at radius 1 is 1.18 bits per heavy atom. The van der Waals surface area contributed by atoms with Gasteiger partial charge in [-0.05, 0) is 72.6 Å². The van der Waals surface area contributed by atoms with Gasteiger partial charge in [0.1, 0.15) is 18.5 Å². The highest BCUT2D eigenvalue weighted by Gasteiger charge is 2.44. The molecule has 4 rings (SSSR count). The van der Waals surface area contributed by atoms with Crippen LogP contribution in [0.3, 0.4) is 0 Å². The molecule has 0 aliphatic carbocycles. The molecule has 0 radical (unpaired) electrons. The van der Waals surface area contributed by atoms with Gasteiger partial charge in [-0.25, -0.2) is 21.6 Å². The number of hydrogen-bond acceptors (Lipinski definition) is 8. The van der Waals surface area contributed by atoms with Gasteiger partial charge in [0.2, 0.25) is 20.0 Å². The number of ether oxygens (including phenoxy) is 2. The Morgan fingerprint density at radius 3 is 2.61 bits per heavy atom. The smallest absolute Gasteiger partial charge is 0.243 e. The Bertz CT molecular complexity index is 1350. The zero-order valence-corrected chi connectivity index (χ0v) is 24.7. The maximum absolute atomic E-state index is 13.1. The maximum Gasteiger partial charge on any atom is 0.243 e. The monoisotopic (exact) mass is 651 g/mol. The fourth-order valence-electron chi connectivity index (χ4n) is 4.65. The molecular formula is C24H31BrClN3O7S2. The van der Waals surface area contributed by atoms with Crippen molar-refractivity contribution in [2.75, 3.05) is 39.9 Å². The summed E-state index contributed by atoms with van der Waals surface area (Å²) in [6, 6.07) is 10.7. The van der Waals surface area contributed by atoms with E-state index in [1.165, 1.54) is 35.6 Å². The summed E-state index contributed by atoms with van der Waals surface area (Å²) in [7, 11) is -5.90. The standard InChI is InChI=1S/C24H31BrClN3O7S2/c1-27-37(31,32)20-4-2-3-19(11-20)35-16-18(30)14-28-17-13-24(36-15-17)7-9-29(10-8-24)38(33,34)21-5-6-22(25)23(26)12-21/h2-6,11-12,17-18,27-28,30H,7-10,13-16H2,1H3. The topological polar surface area (TPSA) is 134 Å². The van der Waals surface area contributed by atoms with Crippen LogP contribution in [0.4, 0.5) is 0 Å². The number of hydrogen-bond donors (Lipinski definition) is 3. The van der Waals surface area contributed by atoms with Crippen molar-refractivity contribution >= 4 is 47.6 Å². The summed E-state index contributed by atoms with van der Waals surface area (Å²) in [4.78, 5) is 0.248. The van der Waals surface area contributed by atoms with Crippen LogP contribution in [0.1, 0.15) is 19.3 Å². The van der Waals surface area contributed by atoms with Gasteiger partial charge >= 0.3 is 0 Å². The van der Waals surface area contributed by atoms with Crippen LogP contribution in [0.15, 0.2) is 56.7 Å². The molecule has 3 N–H and O–H groups in total.